The molecule has 2 aromatic rings. The Balaban J connectivity index is 2.04. The van der Waals surface area contributed by atoms with Crippen LogP contribution in [0.2, 0.25) is 5.02 Å². The van der Waals surface area contributed by atoms with Crippen LogP contribution in [0.15, 0.2) is 27.5 Å². The van der Waals surface area contributed by atoms with Gasteiger partial charge in [-0.05, 0) is 18.2 Å². The maximum Gasteiger partial charge on any atom is 0.226 e. The SMILES string of the molecule is CCc1nnc(CSc2cc(Cl)ccc2N)o1. The predicted octanol–water partition coefficient (Wildman–Crippen LogP) is 3.16. The molecule has 0 aliphatic carbocycles. The van der Waals surface area contributed by atoms with E-state index in [1.54, 1.807) is 12.1 Å². The first-order valence-corrected chi connectivity index (χ1v) is 6.54. The van der Waals surface area contributed by atoms with Crippen molar-refractivity contribution < 1.29 is 4.42 Å². The van der Waals surface area contributed by atoms with E-state index < -0.39 is 0 Å². The Morgan fingerprint density at radius 3 is 2.82 bits per heavy atom. The fourth-order valence-electron chi connectivity index (χ4n) is 1.26. The van der Waals surface area contributed by atoms with E-state index in [4.69, 9.17) is 21.8 Å². The topological polar surface area (TPSA) is 64.9 Å². The molecule has 2 rings (SSSR count). The van der Waals surface area contributed by atoms with Gasteiger partial charge in [0.25, 0.3) is 0 Å². The van der Waals surface area contributed by atoms with Gasteiger partial charge in [0, 0.05) is 22.0 Å². The largest absolute Gasteiger partial charge is 0.424 e. The van der Waals surface area contributed by atoms with Crippen molar-refractivity contribution in [2.24, 2.45) is 0 Å². The van der Waals surface area contributed by atoms with Crippen LogP contribution in [0.4, 0.5) is 5.69 Å². The molecule has 0 fully saturated rings. The van der Waals surface area contributed by atoms with Gasteiger partial charge in [-0.2, -0.15) is 0 Å². The Kier molecular flexibility index (Phi) is 3.91. The minimum atomic E-state index is 0.595. The molecular formula is C11H12ClN3OS. The van der Waals surface area contributed by atoms with Gasteiger partial charge in [0.2, 0.25) is 11.8 Å². The number of benzene rings is 1. The number of nitrogen functional groups attached to an aromatic ring is 1. The van der Waals surface area contributed by atoms with Crippen molar-refractivity contribution in [1.82, 2.24) is 10.2 Å². The van der Waals surface area contributed by atoms with Crippen molar-refractivity contribution in [3.63, 3.8) is 0 Å². The lowest BCUT2D eigenvalue weighted by atomic mass is 10.3. The predicted molar refractivity (Wildman–Crippen MR) is 69.1 cm³/mol. The van der Waals surface area contributed by atoms with Crippen LogP contribution in [0.1, 0.15) is 18.7 Å². The minimum Gasteiger partial charge on any atom is -0.424 e. The number of nitrogens with two attached hydrogens (primary N) is 1. The van der Waals surface area contributed by atoms with Gasteiger partial charge in [-0.1, -0.05) is 18.5 Å². The first kappa shape index (κ1) is 12.3. The summed E-state index contributed by atoms with van der Waals surface area (Å²) in [5.74, 6) is 1.85. The normalized spacial score (nSPS) is 10.7. The lowest BCUT2D eigenvalue weighted by Crippen LogP contribution is -1.89. The smallest absolute Gasteiger partial charge is 0.226 e. The molecule has 0 amide bonds. The summed E-state index contributed by atoms with van der Waals surface area (Å²) in [7, 11) is 0. The fraction of sp³-hybridized carbons (Fsp3) is 0.273. The standard InChI is InChI=1S/C11H12ClN3OS/c1-2-10-14-15-11(16-10)6-17-9-5-7(12)3-4-8(9)13/h3-5H,2,6,13H2,1H3. The van der Waals surface area contributed by atoms with E-state index >= 15 is 0 Å². The molecule has 0 saturated carbocycles. The van der Waals surface area contributed by atoms with Gasteiger partial charge in [0.15, 0.2) is 0 Å². The molecule has 17 heavy (non-hydrogen) atoms. The van der Waals surface area contributed by atoms with Crippen molar-refractivity contribution in [3.8, 4) is 0 Å². The number of halogens is 1. The van der Waals surface area contributed by atoms with Crippen LogP contribution >= 0.6 is 23.4 Å². The molecule has 0 aliphatic heterocycles. The van der Waals surface area contributed by atoms with E-state index in [1.807, 2.05) is 13.0 Å². The average molecular weight is 270 g/mol. The molecule has 0 saturated heterocycles. The maximum atomic E-state index is 5.90. The second-order valence-electron chi connectivity index (χ2n) is 3.41. The summed E-state index contributed by atoms with van der Waals surface area (Å²) >= 11 is 7.44. The van der Waals surface area contributed by atoms with Gasteiger partial charge in [-0.3, -0.25) is 0 Å². The van der Waals surface area contributed by atoms with Crippen molar-refractivity contribution in [1.29, 1.82) is 0 Å². The first-order chi connectivity index (χ1) is 8.19. The number of anilines is 1. The molecule has 0 bridgehead atoms. The molecule has 0 radical (unpaired) electrons. The van der Waals surface area contributed by atoms with Gasteiger partial charge >= 0.3 is 0 Å². The molecule has 0 spiro atoms. The Morgan fingerprint density at radius 2 is 2.12 bits per heavy atom. The minimum absolute atomic E-state index is 0.595. The van der Waals surface area contributed by atoms with Crippen LogP contribution in [0.5, 0.6) is 0 Å². The molecule has 90 valence electrons. The van der Waals surface area contributed by atoms with E-state index in [2.05, 4.69) is 10.2 Å². The molecule has 0 unspecified atom stereocenters. The number of aromatic nitrogens is 2. The van der Waals surface area contributed by atoms with Gasteiger partial charge in [-0.25, -0.2) is 0 Å². The summed E-state index contributed by atoms with van der Waals surface area (Å²) in [6, 6.07) is 5.39. The molecule has 4 nitrogen and oxygen atoms in total. The summed E-state index contributed by atoms with van der Waals surface area (Å²) in [4.78, 5) is 0.925. The summed E-state index contributed by atoms with van der Waals surface area (Å²) in [5, 5.41) is 8.51. The van der Waals surface area contributed by atoms with E-state index in [1.165, 1.54) is 11.8 Å². The summed E-state index contributed by atoms with van der Waals surface area (Å²) in [6.45, 7) is 1.97. The lowest BCUT2D eigenvalue weighted by molar-refractivity contribution is 0.470. The van der Waals surface area contributed by atoms with Crippen LogP contribution < -0.4 is 5.73 Å². The lowest BCUT2D eigenvalue weighted by Gasteiger charge is -2.03. The molecule has 2 N–H and O–H groups in total. The third kappa shape index (κ3) is 3.14. The highest BCUT2D eigenvalue weighted by Gasteiger charge is 2.07. The number of rotatable bonds is 4. The Hall–Kier alpha value is -1.20. The molecule has 0 atom stereocenters. The highest BCUT2D eigenvalue weighted by molar-refractivity contribution is 7.98. The molecule has 1 aromatic carbocycles. The molecule has 0 aliphatic rings. The van der Waals surface area contributed by atoms with E-state index in [9.17, 15) is 0 Å². The van der Waals surface area contributed by atoms with Crippen molar-refractivity contribution in [3.05, 3.63) is 35.0 Å². The summed E-state index contributed by atoms with van der Waals surface area (Å²) in [5.41, 5.74) is 6.54. The van der Waals surface area contributed by atoms with Crippen LogP contribution in [-0.4, -0.2) is 10.2 Å². The van der Waals surface area contributed by atoms with E-state index in [-0.39, 0.29) is 0 Å². The summed E-state index contributed by atoms with van der Waals surface area (Å²) < 4.78 is 5.41. The zero-order chi connectivity index (χ0) is 12.3. The van der Waals surface area contributed by atoms with Crippen LogP contribution in [-0.2, 0) is 12.2 Å². The number of hydrogen-bond acceptors (Lipinski definition) is 5. The monoisotopic (exact) mass is 269 g/mol. The second-order valence-corrected chi connectivity index (χ2v) is 4.87. The van der Waals surface area contributed by atoms with Crippen molar-refractivity contribution in [2.45, 2.75) is 24.0 Å². The quantitative estimate of drug-likeness (QED) is 0.682. The highest BCUT2D eigenvalue weighted by atomic mass is 35.5. The van der Waals surface area contributed by atoms with Gasteiger partial charge in [-0.15, -0.1) is 22.0 Å². The maximum absolute atomic E-state index is 5.90. The molecular weight excluding hydrogens is 258 g/mol. The Bertz CT molecular complexity index is 515. The van der Waals surface area contributed by atoms with Gasteiger partial charge < -0.3 is 10.2 Å². The molecule has 1 aromatic heterocycles. The third-order valence-corrected chi connectivity index (χ3v) is 3.43. The number of nitrogens with zero attached hydrogens (tertiary/aromatic N) is 2. The van der Waals surface area contributed by atoms with Gasteiger partial charge in [0.05, 0.1) is 5.75 Å². The van der Waals surface area contributed by atoms with Crippen LogP contribution in [0.3, 0.4) is 0 Å². The van der Waals surface area contributed by atoms with Gasteiger partial charge in [0.1, 0.15) is 0 Å². The first-order valence-electron chi connectivity index (χ1n) is 5.18. The molecule has 1 heterocycles. The fourth-order valence-corrected chi connectivity index (χ4v) is 2.34. The second kappa shape index (κ2) is 5.42. The highest BCUT2D eigenvalue weighted by Crippen LogP contribution is 2.30. The number of hydrogen-bond donors (Lipinski definition) is 1. The van der Waals surface area contributed by atoms with Crippen LogP contribution in [0, 0.1) is 0 Å². The molecule has 6 heteroatoms. The number of aryl methyl sites for hydroxylation is 1. The van der Waals surface area contributed by atoms with Crippen molar-refractivity contribution in [2.75, 3.05) is 5.73 Å². The van der Waals surface area contributed by atoms with Crippen LogP contribution in [0.25, 0.3) is 0 Å². The number of thioether (sulfide) groups is 1. The zero-order valence-corrected chi connectivity index (χ0v) is 10.9. The Labute approximate surface area is 109 Å². The Morgan fingerprint density at radius 1 is 1.35 bits per heavy atom. The zero-order valence-electron chi connectivity index (χ0n) is 9.31. The summed E-state index contributed by atoms with van der Waals surface area (Å²) in [6.07, 6.45) is 0.747. The van der Waals surface area contributed by atoms with E-state index in [0.717, 1.165) is 11.3 Å². The third-order valence-electron chi connectivity index (χ3n) is 2.14. The average Bonchev–Trinajstić information content (AvgIpc) is 2.78. The van der Waals surface area contributed by atoms with E-state index in [0.29, 0.717) is 28.2 Å². The van der Waals surface area contributed by atoms with Crippen molar-refractivity contribution >= 4 is 29.1 Å².